The molecule has 13 heavy (non-hydrogen) atoms. The van der Waals surface area contributed by atoms with Crippen LogP contribution in [0.15, 0.2) is 30.3 Å². The quantitative estimate of drug-likeness (QED) is 0.706. The van der Waals surface area contributed by atoms with Gasteiger partial charge in [-0.15, -0.1) is 0 Å². The van der Waals surface area contributed by atoms with Gasteiger partial charge in [-0.1, -0.05) is 30.3 Å². The lowest BCUT2D eigenvalue weighted by molar-refractivity contribution is 0.259. The molecule has 3 unspecified atom stereocenters. The van der Waals surface area contributed by atoms with E-state index in [0.29, 0.717) is 12.1 Å². The summed E-state index contributed by atoms with van der Waals surface area (Å²) >= 11 is 0. The molecule has 1 aliphatic rings. The second kappa shape index (κ2) is 3.48. The van der Waals surface area contributed by atoms with Crippen molar-refractivity contribution in [2.45, 2.75) is 19.0 Å². The summed E-state index contributed by atoms with van der Waals surface area (Å²) in [7, 11) is 0. The van der Waals surface area contributed by atoms with Crippen molar-refractivity contribution in [3.63, 3.8) is 0 Å². The predicted molar refractivity (Wildman–Crippen MR) is 52.4 cm³/mol. The third kappa shape index (κ3) is 1.74. The van der Waals surface area contributed by atoms with Crippen LogP contribution in [-0.2, 0) is 0 Å². The Morgan fingerprint density at radius 1 is 1.46 bits per heavy atom. The first kappa shape index (κ1) is 8.73. The predicted octanol–water partition coefficient (Wildman–Crippen LogP) is 1.42. The van der Waals surface area contributed by atoms with Crippen molar-refractivity contribution in [2.24, 2.45) is 0 Å². The fourth-order valence-electron chi connectivity index (χ4n) is 1.76. The number of nitrogens with zero attached hydrogens (tertiary/aromatic N) is 1. The van der Waals surface area contributed by atoms with E-state index in [9.17, 15) is 0 Å². The largest absolute Gasteiger partial charge is 0.395 e. The molecule has 1 fully saturated rings. The number of rotatable bonds is 3. The molecule has 3 atom stereocenters. The molecule has 2 rings (SSSR count). The Morgan fingerprint density at radius 3 is 2.69 bits per heavy atom. The maximum Gasteiger partial charge on any atom is 0.0599 e. The lowest BCUT2D eigenvalue weighted by Crippen LogP contribution is -2.10. The van der Waals surface area contributed by atoms with E-state index < -0.39 is 0 Å². The summed E-state index contributed by atoms with van der Waals surface area (Å²) in [5.74, 6) is 0. The van der Waals surface area contributed by atoms with Gasteiger partial charge in [0.25, 0.3) is 0 Å². The number of aliphatic hydroxyl groups is 1. The summed E-state index contributed by atoms with van der Waals surface area (Å²) in [5, 5.41) is 8.93. The third-order valence-electron chi connectivity index (χ3n) is 2.75. The van der Waals surface area contributed by atoms with E-state index in [1.807, 2.05) is 6.07 Å². The van der Waals surface area contributed by atoms with Gasteiger partial charge in [0.2, 0.25) is 0 Å². The van der Waals surface area contributed by atoms with Crippen LogP contribution in [0.2, 0.25) is 0 Å². The highest BCUT2D eigenvalue weighted by Crippen LogP contribution is 2.30. The SMILES string of the molecule is CC(c1ccccc1)N1CC1CO. The van der Waals surface area contributed by atoms with Crippen LogP contribution in [0.1, 0.15) is 18.5 Å². The standard InChI is InChI=1S/C11H15NO/c1-9(12-7-11(12)8-13)10-5-3-2-4-6-10/h2-6,9,11,13H,7-8H2,1H3. The molecule has 1 aromatic rings. The molecule has 1 N–H and O–H groups in total. The molecule has 0 bridgehead atoms. The summed E-state index contributed by atoms with van der Waals surface area (Å²) in [6.07, 6.45) is 0. The normalized spacial score (nSPS) is 28.5. The van der Waals surface area contributed by atoms with Gasteiger partial charge in [-0.2, -0.15) is 0 Å². The monoisotopic (exact) mass is 177 g/mol. The average molecular weight is 177 g/mol. The molecular weight excluding hydrogens is 162 g/mol. The zero-order chi connectivity index (χ0) is 9.26. The van der Waals surface area contributed by atoms with Crippen molar-refractivity contribution in [3.05, 3.63) is 35.9 Å². The van der Waals surface area contributed by atoms with Crippen molar-refractivity contribution in [1.82, 2.24) is 4.90 Å². The van der Waals surface area contributed by atoms with E-state index >= 15 is 0 Å². The highest BCUT2D eigenvalue weighted by atomic mass is 16.3. The van der Waals surface area contributed by atoms with E-state index in [-0.39, 0.29) is 6.61 Å². The van der Waals surface area contributed by atoms with Crippen LogP contribution in [0.3, 0.4) is 0 Å². The van der Waals surface area contributed by atoms with Gasteiger partial charge in [0.05, 0.1) is 6.61 Å². The number of hydrogen-bond acceptors (Lipinski definition) is 2. The molecule has 0 amide bonds. The highest BCUT2D eigenvalue weighted by Gasteiger charge is 2.37. The topological polar surface area (TPSA) is 23.2 Å². The van der Waals surface area contributed by atoms with Crippen molar-refractivity contribution >= 4 is 0 Å². The van der Waals surface area contributed by atoms with Crippen molar-refractivity contribution in [2.75, 3.05) is 13.2 Å². The molecule has 1 aliphatic heterocycles. The van der Waals surface area contributed by atoms with Crippen LogP contribution in [-0.4, -0.2) is 29.2 Å². The summed E-state index contributed by atoms with van der Waals surface area (Å²) in [6.45, 7) is 3.51. The Hall–Kier alpha value is -0.860. The van der Waals surface area contributed by atoms with Crippen LogP contribution in [0, 0.1) is 0 Å². The summed E-state index contributed by atoms with van der Waals surface area (Å²) in [6, 6.07) is 11.3. The Balaban J connectivity index is 2.03. The fourth-order valence-corrected chi connectivity index (χ4v) is 1.76. The number of aliphatic hydroxyl groups excluding tert-OH is 1. The van der Waals surface area contributed by atoms with Gasteiger partial charge in [0.1, 0.15) is 0 Å². The second-order valence-electron chi connectivity index (χ2n) is 3.62. The summed E-state index contributed by atoms with van der Waals surface area (Å²) < 4.78 is 0. The molecule has 0 spiro atoms. The molecule has 0 aromatic heterocycles. The van der Waals surface area contributed by atoms with Gasteiger partial charge in [-0.3, -0.25) is 4.90 Å². The molecule has 70 valence electrons. The molecule has 1 saturated heterocycles. The van der Waals surface area contributed by atoms with Gasteiger partial charge >= 0.3 is 0 Å². The molecule has 0 aliphatic carbocycles. The van der Waals surface area contributed by atoms with Crippen molar-refractivity contribution in [3.8, 4) is 0 Å². The lowest BCUT2D eigenvalue weighted by atomic mass is 10.1. The minimum Gasteiger partial charge on any atom is -0.395 e. The molecule has 0 saturated carbocycles. The van der Waals surface area contributed by atoms with E-state index in [1.54, 1.807) is 0 Å². The molecule has 2 heteroatoms. The molecule has 1 aromatic carbocycles. The third-order valence-corrected chi connectivity index (χ3v) is 2.75. The Bertz CT molecular complexity index is 273. The zero-order valence-electron chi connectivity index (χ0n) is 7.85. The van der Waals surface area contributed by atoms with Crippen LogP contribution >= 0.6 is 0 Å². The van der Waals surface area contributed by atoms with E-state index in [0.717, 1.165) is 6.54 Å². The fraction of sp³-hybridized carbons (Fsp3) is 0.455. The number of hydrogen-bond donors (Lipinski definition) is 1. The van der Waals surface area contributed by atoms with Gasteiger partial charge in [-0.05, 0) is 12.5 Å². The Labute approximate surface area is 78.8 Å². The van der Waals surface area contributed by atoms with E-state index in [1.165, 1.54) is 5.56 Å². The van der Waals surface area contributed by atoms with E-state index in [2.05, 4.69) is 36.1 Å². The molecule has 0 radical (unpaired) electrons. The van der Waals surface area contributed by atoms with Gasteiger partial charge in [0, 0.05) is 18.6 Å². The van der Waals surface area contributed by atoms with Crippen molar-refractivity contribution in [1.29, 1.82) is 0 Å². The maximum atomic E-state index is 8.93. The summed E-state index contributed by atoms with van der Waals surface area (Å²) in [4.78, 5) is 2.30. The van der Waals surface area contributed by atoms with Crippen LogP contribution in [0.4, 0.5) is 0 Å². The first-order valence-corrected chi connectivity index (χ1v) is 4.74. The van der Waals surface area contributed by atoms with Gasteiger partial charge < -0.3 is 5.11 Å². The Kier molecular flexibility index (Phi) is 2.34. The van der Waals surface area contributed by atoms with Gasteiger partial charge in [-0.25, -0.2) is 0 Å². The van der Waals surface area contributed by atoms with E-state index in [4.69, 9.17) is 5.11 Å². The minimum atomic E-state index is 0.289. The second-order valence-corrected chi connectivity index (χ2v) is 3.62. The molecular formula is C11H15NO. The van der Waals surface area contributed by atoms with Crippen LogP contribution in [0.25, 0.3) is 0 Å². The summed E-state index contributed by atoms with van der Waals surface area (Å²) in [5.41, 5.74) is 1.33. The van der Waals surface area contributed by atoms with Gasteiger partial charge in [0.15, 0.2) is 0 Å². The first-order chi connectivity index (χ1) is 6.33. The number of benzene rings is 1. The van der Waals surface area contributed by atoms with Crippen molar-refractivity contribution < 1.29 is 5.11 Å². The molecule has 2 nitrogen and oxygen atoms in total. The minimum absolute atomic E-state index is 0.289. The highest BCUT2D eigenvalue weighted by molar-refractivity contribution is 5.20. The zero-order valence-corrected chi connectivity index (χ0v) is 7.85. The smallest absolute Gasteiger partial charge is 0.0599 e. The first-order valence-electron chi connectivity index (χ1n) is 4.74. The van der Waals surface area contributed by atoms with Crippen LogP contribution in [0.5, 0.6) is 0 Å². The lowest BCUT2D eigenvalue weighted by Gasteiger charge is -2.13. The van der Waals surface area contributed by atoms with Crippen LogP contribution < -0.4 is 0 Å². The average Bonchev–Trinajstić information content (AvgIpc) is 2.97. The maximum absolute atomic E-state index is 8.93. The molecule has 1 heterocycles. The Morgan fingerprint density at radius 2 is 2.15 bits per heavy atom.